The lowest BCUT2D eigenvalue weighted by Gasteiger charge is -2.26. The molecule has 8 heteroatoms. The molecule has 3 rings (SSSR count). The van der Waals surface area contributed by atoms with Crippen molar-refractivity contribution in [1.82, 2.24) is 14.9 Å². The SMILES string of the molecule is O=C(c1cc(Nc2cc(Cl)cc(Cl)c2)ncn1)N1CCOCC1. The number of amides is 1. The highest BCUT2D eigenvalue weighted by Crippen LogP contribution is 2.24. The average Bonchev–Trinajstić information content (AvgIpc) is 2.54. The minimum absolute atomic E-state index is 0.136. The molecule has 0 saturated carbocycles. The smallest absolute Gasteiger partial charge is 0.272 e. The first-order valence-electron chi connectivity index (χ1n) is 7.04. The Kier molecular flexibility index (Phi) is 4.95. The zero-order valence-corrected chi connectivity index (χ0v) is 13.6. The number of morpholine rings is 1. The monoisotopic (exact) mass is 352 g/mol. The Balaban J connectivity index is 1.77. The standard InChI is InChI=1S/C15H14Cl2N4O2/c16-10-5-11(17)7-12(6-10)20-14-8-13(18-9-19-14)15(22)21-1-3-23-4-2-21/h5-9H,1-4H2,(H,18,19,20). The maximum Gasteiger partial charge on any atom is 0.272 e. The van der Waals surface area contributed by atoms with Crippen LogP contribution in [-0.2, 0) is 4.74 Å². The summed E-state index contributed by atoms with van der Waals surface area (Å²) in [5, 5.41) is 4.09. The molecule has 23 heavy (non-hydrogen) atoms. The molecule has 1 saturated heterocycles. The van der Waals surface area contributed by atoms with E-state index in [0.717, 1.165) is 0 Å². The number of nitrogens with zero attached hydrogens (tertiary/aromatic N) is 3. The quantitative estimate of drug-likeness (QED) is 0.919. The summed E-state index contributed by atoms with van der Waals surface area (Å²) < 4.78 is 5.25. The summed E-state index contributed by atoms with van der Waals surface area (Å²) in [6, 6.07) is 6.69. The van der Waals surface area contributed by atoms with E-state index in [4.69, 9.17) is 27.9 Å². The van der Waals surface area contributed by atoms with Crippen molar-refractivity contribution in [2.75, 3.05) is 31.6 Å². The molecule has 0 radical (unpaired) electrons. The van der Waals surface area contributed by atoms with Crippen LogP contribution in [0.5, 0.6) is 0 Å². The lowest BCUT2D eigenvalue weighted by Crippen LogP contribution is -2.41. The molecule has 1 N–H and O–H groups in total. The molecule has 0 atom stereocenters. The van der Waals surface area contributed by atoms with Gasteiger partial charge in [0.15, 0.2) is 0 Å². The highest BCUT2D eigenvalue weighted by molar-refractivity contribution is 6.35. The van der Waals surface area contributed by atoms with Gasteiger partial charge in [-0.25, -0.2) is 9.97 Å². The fraction of sp³-hybridized carbons (Fsp3) is 0.267. The molecule has 0 aliphatic carbocycles. The molecule has 2 heterocycles. The number of hydrogen-bond donors (Lipinski definition) is 1. The summed E-state index contributed by atoms with van der Waals surface area (Å²) in [6.07, 6.45) is 1.35. The third-order valence-corrected chi connectivity index (χ3v) is 3.76. The van der Waals surface area contributed by atoms with Crippen molar-refractivity contribution in [3.63, 3.8) is 0 Å². The Bertz CT molecular complexity index is 700. The van der Waals surface area contributed by atoms with Gasteiger partial charge in [-0.1, -0.05) is 23.2 Å². The molecule has 1 aliphatic rings. The molecule has 6 nitrogen and oxygen atoms in total. The van der Waals surface area contributed by atoms with Gasteiger partial charge in [-0.3, -0.25) is 4.79 Å². The van der Waals surface area contributed by atoms with Gasteiger partial charge in [0.05, 0.1) is 13.2 Å². The molecule has 1 aliphatic heterocycles. The number of ether oxygens (including phenoxy) is 1. The molecule has 1 amide bonds. The van der Waals surface area contributed by atoms with Gasteiger partial charge >= 0.3 is 0 Å². The minimum Gasteiger partial charge on any atom is -0.378 e. The van der Waals surface area contributed by atoms with E-state index in [1.165, 1.54) is 6.33 Å². The van der Waals surface area contributed by atoms with Crippen LogP contribution in [0, 0.1) is 0 Å². The van der Waals surface area contributed by atoms with E-state index in [-0.39, 0.29) is 5.91 Å². The molecule has 0 spiro atoms. The molecular formula is C15H14Cl2N4O2. The van der Waals surface area contributed by atoms with Crippen molar-refractivity contribution in [2.24, 2.45) is 0 Å². The highest BCUT2D eigenvalue weighted by atomic mass is 35.5. The number of aromatic nitrogens is 2. The van der Waals surface area contributed by atoms with Gasteiger partial charge in [-0.15, -0.1) is 0 Å². The number of hydrogen-bond acceptors (Lipinski definition) is 5. The Morgan fingerprint density at radius 2 is 1.78 bits per heavy atom. The van der Waals surface area contributed by atoms with Gasteiger partial charge in [0.25, 0.3) is 5.91 Å². The summed E-state index contributed by atoms with van der Waals surface area (Å²) in [4.78, 5) is 22.3. The number of carbonyl (C=O) groups is 1. The fourth-order valence-corrected chi connectivity index (χ4v) is 2.77. The van der Waals surface area contributed by atoms with Crippen LogP contribution in [0.2, 0.25) is 10.0 Å². The summed E-state index contributed by atoms with van der Waals surface area (Å²) in [5.41, 5.74) is 1.02. The molecule has 120 valence electrons. The van der Waals surface area contributed by atoms with Crippen molar-refractivity contribution in [3.8, 4) is 0 Å². The van der Waals surface area contributed by atoms with E-state index in [9.17, 15) is 4.79 Å². The largest absolute Gasteiger partial charge is 0.378 e. The van der Waals surface area contributed by atoms with Gasteiger partial charge in [0, 0.05) is 34.9 Å². The van der Waals surface area contributed by atoms with E-state index in [2.05, 4.69) is 15.3 Å². The van der Waals surface area contributed by atoms with Crippen LogP contribution in [0.1, 0.15) is 10.5 Å². The first kappa shape index (κ1) is 16.0. The maximum atomic E-state index is 12.4. The Labute approximate surface area is 143 Å². The van der Waals surface area contributed by atoms with Crippen LogP contribution in [0.25, 0.3) is 0 Å². The third-order valence-electron chi connectivity index (χ3n) is 3.32. The van der Waals surface area contributed by atoms with E-state index >= 15 is 0 Å². The minimum atomic E-state index is -0.136. The van der Waals surface area contributed by atoms with E-state index in [0.29, 0.717) is 53.5 Å². The Morgan fingerprint density at radius 3 is 2.48 bits per heavy atom. The van der Waals surface area contributed by atoms with Crippen LogP contribution < -0.4 is 5.32 Å². The number of nitrogens with one attached hydrogen (secondary N) is 1. The second-order valence-electron chi connectivity index (χ2n) is 4.98. The van der Waals surface area contributed by atoms with Gasteiger partial charge in [0.1, 0.15) is 17.8 Å². The van der Waals surface area contributed by atoms with Gasteiger partial charge in [-0.2, -0.15) is 0 Å². The third kappa shape index (κ3) is 4.10. The Hall–Kier alpha value is -1.89. The van der Waals surface area contributed by atoms with E-state index in [1.807, 2.05) is 0 Å². The molecule has 1 aromatic carbocycles. The normalized spacial score (nSPS) is 14.6. The molecule has 0 unspecified atom stereocenters. The predicted molar refractivity (Wildman–Crippen MR) is 88.5 cm³/mol. The second kappa shape index (κ2) is 7.12. The molecular weight excluding hydrogens is 339 g/mol. The average molecular weight is 353 g/mol. The van der Waals surface area contributed by atoms with Crippen LogP contribution in [0.4, 0.5) is 11.5 Å². The summed E-state index contributed by atoms with van der Waals surface area (Å²) >= 11 is 11.9. The maximum absolute atomic E-state index is 12.4. The van der Waals surface area contributed by atoms with Crippen LogP contribution >= 0.6 is 23.2 Å². The van der Waals surface area contributed by atoms with Gasteiger partial charge < -0.3 is 15.0 Å². The summed E-state index contributed by atoms with van der Waals surface area (Å²) in [5.74, 6) is 0.359. The number of halogens is 2. The van der Waals surface area contributed by atoms with Crippen LogP contribution in [0.15, 0.2) is 30.6 Å². The van der Waals surface area contributed by atoms with E-state index < -0.39 is 0 Å². The molecule has 1 aromatic heterocycles. The first-order chi connectivity index (χ1) is 11.1. The van der Waals surface area contributed by atoms with Crippen LogP contribution in [-0.4, -0.2) is 47.1 Å². The summed E-state index contributed by atoms with van der Waals surface area (Å²) in [6.45, 7) is 2.22. The topological polar surface area (TPSA) is 67.4 Å². The Morgan fingerprint density at radius 1 is 1.09 bits per heavy atom. The lowest BCUT2D eigenvalue weighted by atomic mass is 10.3. The van der Waals surface area contributed by atoms with Crippen LogP contribution in [0.3, 0.4) is 0 Å². The van der Waals surface area contributed by atoms with Crippen molar-refractivity contribution < 1.29 is 9.53 Å². The highest BCUT2D eigenvalue weighted by Gasteiger charge is 2.20. The van der Waals surface area contributed by atoms with Crippen molar-refractivity contribution >= 4 is 40.6 Å². The fourth-order valence-electron chi connectivity index (χ4n) is 2.24. The first-order valence-corrected chi connectivity index (χ1v) is 7.79. The number of rotatable bonds is 3. The van der Waals surface area contributed by atoms with Crippen molar-refractivity contribution in [3.05, 3.63) is 46.3 Å². The second-order valence-corrected chi connectivity index (χ2v) is 5.85. The number of benzene rings is 1. The van der Waals surface area contributed by atoms with Gasteiger partial charge in [-0.05, 0) is 18.2 Å². The van der Waals surface area contributed by atoms with Crippen molar-refractivity contribution in [2.45, 2.75) is 0 Å². The molecule has 2 aromatic rings. The molecule has 0 bridgehead atoms. The number of anilines is 2. The number of carbonyl (C=O) groups excluding carboxylic acids is 1. The molecule has 1 fully saturated rings. The predicted octanol–water partition coefficient (Wildman–Crippen LogP) is 3.00. The van der Waals surface area contributed by atoms with Crippen molar-refractivity contribution in [1.29, 1.82) is 0 Å². The zero-order chi connectivity index (χ0) is 16.2. The lowest BCUT2D eigenvalue weighted by molar-refractivity contribution is 0.0299. The zero-order valence-electron chi connectivity index (χ0n) is 12.1. The van der Waals surface area contributed by atoms with E-state index in [1.54, 1.807) is 29.2 Å². The van der Waals surface area contributed by atoms with Gasteiger partial charge in [0.2, 0.25) is 0 Å². The summed E-state index contributed by atoms with van der Waals surface area (Å²) in [7, 11) is 0.